The molecule has 2 amide bonds. The number of allylic oxidation sites excluding steroid dienone is 4. The minimum atomic E-state index is -0.411. The molecule has 0 atom stereocenters. The fraction of sp³-hybridized carbons (Fsp3) is 0.238. The topological polar surface area (TPSA) is 79.2 Å². The smallest absolute Gasteiger partial charge is 0.324 e. The predicted molar refractivity (Wildman–Crippen MR) is 116 cm³/mol. The maximum absolute atomic E-state index is 12.4. The monoisotopic (exact) mass is 400 g/mol. The van der Waals surface area contributed by atoms with Crippen molar-refractivity contribution in [2.24, 2.45) is 0 Å². The Balaban J connectivity index is 2.23. The predicted octanol–water partition coefficient (Wildman–Crippen LogP) is 5.97. The summed E-state index contributed by atoms with van der Waals surface area (Å²) in [6.45, 7) is 7.96. The maximum Gasteiger partial charge on any atom is 0.324 e. The first-order valence-corrected chi connectivity index (χ1v) is 9.20. The van der Waals surface area contributed by atoms with E-state index in [0.717, 1.165) is 5.69 Å². The van der Waals surface area contributed by atoms with Crippen molar-refractivity contribution in [1.82, 2.24) is 9.78 Å². The summed E-state index contributed by atoms with van der Waals surface area (Å²) in [4.78, 5) is 12.4. The Hall–Kier alpha value is -2.99. The maximum atomic E-state index is 12.4. The van der Waals surface area contributed by atoms with E-state index in [1.165, 1.54) is 10.8 Å². The van der Waals surface area contributed by atoms with Crippen molar-refractivity contribution in [3.05, 3.63) is 71.1 Å². The lowest BCUT2D eigenvalue weighted by atomic mass is 9.92. The normalized spacial score (nSPS) is 12.7. The fourth-order valence-electron chi connectivity index (χ4n) is 2.18. The highest BCUT2D eigenvalue weighted by Gasteiger charge is 2.20. The van der Waals surface area contributed by atoms with E-state index in [9.17, 15) is 9.90 Å². The van der Waals surface area contributed by atoms with Crippen LogP contribution in [0.1, 0.15) is 33.4 Å². The Bertz CT molecular complexity index is 903. The molecule has 0 bridgehead atoms. The number of carbonyl (C=O) groups is 1. The summed E-state index contributed by atoms with van der Waals surface area (Å²) in [7, 11) is 0. The van der Waals surface area contributed by atoms with E-state index >= 15 is 0 Å². The molecule has 6 nitrogen and oxygen atoms in total. The van der Waals surface area contributed by atoms with Gasteiger partial charge in [0.15, 0.2) is 0 Å². The molecule has 1 aromatic heterocycles. The van der Waals surface area contributed by atoms with E-state index < -0.39 is 6.03 Å². The molecule has 0 aliphatic rings. The first kappa shape index (κ1) is 21.3. The van der Waals surface area contributed by atoms with Gasteiger partial charge < -0.3 is 10.4 Å². The molecule has 0 unspecified atom stereocenters. The molecule has 0 saturated heterocycles. The lowest BCUT2D eigenvalue weighted by Gasteiger charge is -2.13. The molecule has 0 aliphatic carbocycles. The van der Waals surface area contributed by atoms with Crippen LogP contribution < -0.4 is 10.6 Å². The highest BCUT2D eigenvalue weighted by atomic mass is 35.5. The van der Waals surface area contributed by atoms with Crippen LogP contribution in [0.5, 0.6) is 0 Å². The quantitative estimate of drug-likeness (QED) is 0.427. The van der Waals surface area contributed by atoms with E-state index in [4.69, 9.17) is 11.6 Å². The summed E-state index contributed by atoms with van der Waals surface area (Å²) >= 11 is 5.86. The minimum absolute atomic E-state index is 0.0717. The molecule has 0 spiro atoms. The van der Waals surface area contributed by atoms with Gasteiger partial charge in [-0.25, -0.2) is 9.48 Å². The van der Waals surface area contributed by atoms with Crippen molar-refractivity contribution in [2.75, 3.05) is 10.6 Å². The number of hydrogen-bond acceptors (Lipinski definition) is 3. The van der Waals surface area contributed by atoms with E-state index in [1.807, 2.05) is 33.8 Å². The van der Waals surface area contributed by atoms with E-state index in [2.05, 4.69) is 15.7 Å². The van der Waals surface area contributed by atoms with E-state index in [0.29, 0.717) is 16.5 Å². The number of aliphatic hydroxyl groups is 1. The van der Waals surface area contributed by atoms with Crippen LogP contribution in [-0.2, 0) is 5.41 Å². The standard InChI is InChI=1S/C21H25ClN4O2/c1-5-6-7-17(27)12-13-26-19(14-18(25-26)21(2,3)4)24-20(28)23-16-10-8-15(22)9-11-16/h5-14,27H,1-4H3,(H2,23,24,28)/b6-5-,13-12+,17-7+. The van der Waals surface area contributed by atoms with Gasteiger partial charge >= 0.3 is 6.03 Å². The SMILES string of the molecule is C\C=C/C=C(O)\C=C\n1nc(C(C)(C)C)cc1NC(=O)Nc1ccc(Cl)cc1. The van der Waals surface area contributed by atoms with Gasteiger partial charge in [0.2, 0.25) is 0 Å². The minimum Gasteiger partial charge on any atom is -0.508 e. The third kappa shape index (κ3) is 6.32. The molecule has 0 aliphatic heterocycles. The van der Waals surface area contributed by atoms with Crippen molar-refractivity contribution in [2.45, 2.75) is 33.1 Å². The van der Waals surface area contributed by atoms with Crippen LogP contribution in [0.25, 0.3) is 6.20 Å². The summed E-state index contributed by atoms with van der Waals surface area (Å²) in [6.07, 6.45) is 8.18. The third-order valence-corrected chi connectivity index (χ3v) is 3.95. The van der Waals surface area contributed by atoms with Gasteiger partial charge in [0, 0.05) is 28.4 Å². The van der Waals surface area contributed by atoms with Crippen molar-refractivity contribution in [1.29, 1.82) is 0 Å². The Morgan fingerprint density at radius 3 is 2.50 bits per heavy atom. The number of urea groups is 1. The Morgan fingerprint density at radius 1 is 1.21 bits per heavy atom. The molecule has 1 heterocycles. The summed E-state index contributed by atoms with van der Waals surface area (Å²) in [5, 5.41) is 20.5. The molecule has 1 aromatic carbocycles. The zero-order valence-electron chi connectivity index (χ0n) is 16.4. The summed E-state index contributed by atoms with van der Waals surface area (Å²) in [5.41, 5.74) is 1.22. The number of hydrogen-bond donors (Lipinski definition) is 3. The lowest BCUT2D eigenvalue weighted by Crippen LogP contribution is -2.20. The Kier molecular flexibility index (Phi) is 7.06. The van der Waals surface area contributed by atoms with Gasteiger partial charge in [-0.2, -0.15) is 5.10 Å². The van der Waals surface area contributed by atoms with E-state index in [-0.39, 0.29) is 11.2 Å². The van der Waals surface area contributed by atoms with Gasteiger partial charge in [0.25, 0.3) is 0 Å². The lowest BCUT2D eigenvalue weighted by molar-refractivity contribution is 0.262. The average Bonchev–Trinajstić information content (AvgIpc) is 3.03. The summed E-state index contributed by atoms with van der Waals surface area (Å²) in [6, 6.07) is 8.21. The van der Waals surface area contributed by atoms with Gasteiger partial charge in [-0.15, -0.1) is 0 Å². The number of rotatable bonds is 5. The molecular formula is C21H25ClN4O2. The van der Waals surface area contributed by atoms with E-state index in [1.54, 1.807) is 48.7 Å². The second kappa shape index (κ2) is 9.28. The second-order valence-corrected chi connectivity index (χ2v) is 7.56. The number of nitrogens with one attached hydrogen (secondary N) is 2. The molecule has 7 heteroatoms. The number of carbonyl (C=O) groups excluding carboxylic acids is 1. The second-order valence-electron chi connectivity index (χ2n) is 7.13. The van der Waals surface area contributed by atoms with Crippen LogP contribution in [0.15, 0.2) is 60.4 Å². The molecule has 2 rings (SSSR count). The Morgan fingerprint density at radius 2 is 1.89 bits per heavy atom. The fourth-order valence-corrected chi connectivity index (χ4v) is 2.30. The van der Waals surface area contributed by atoms with Crippen molar-refractivity contribution in [3.63, 3.8) is 0 Å². The zero-order chi connectivity index (χ0) is 20.7. The van der Waals surface area contributed by atoms with Crippen LogP contribution in [0.3, 0.4) is 0 Å². The van der Waals surface area contributed by atoms with Crippen LogP contribution in [0.2, 0.25) is 5.02 Å². The van der Waals surface area contributed by atoms with Crippen molar-refractivity contribution < 1.29 is 9.90 Å². The highest BCUT2D eigenvalue weighted by Crippen LogP contribution is 2.24. The first-order valence-electron chi connectivity index (χ1n) is 8.83. The Labute approximate surface area is 170 Å². The summed E-state index contributed by atoms with van der Waals surface area (Å²) in [5.74, 6) is 0.550. The van der Waals surface area contributed by atoms with Gasteiger partial charge in [-0.3, -0.25) is 5.32 Å². The average molecular weight is 401 g/mol. The van der Waals surface area contributed by atoms with Gasteiger partial charge in [-0.05, 0) is 43.3 Å². The number of benzene rings is 1. The molecule has 28 heavy (non-hydrogen) atoms. The molecule has 0 fully saturated rings. The van der Waals surface area contributed by atoms with Gasteiger partial charge in [0.05, 0.1) is 5.69 Å². The third-order valence-electron chi connectivity index (χ3n) is 3.69. The van der Waals surface area contributed by atoms with Crippen molar-refractivity contribution in [3.8, 4) is 0 Å². The number of nitrogens with zero attached hydrogens (tertiary/aromatic N) is 2. The number of aromatic nitrogens is 2. The largest absolute Gasteiger partial charge is 0.508 e. The molecule has 148 valence electrons. The summed E-state index contributed by atoms with van der Waals surface area (Å²) < 4.78 is 1.52. The zero-order valence-corrected chi connectivity index (χ0v) is 17.2. The number of halogens is 1. The highest BCUT2D eigenvalue weighted by molar-refractivity contribution is 6.30. The first-order chi connectivity index (χ1) is 13.2. The molecule has 3 N–H and O–H groups in total. The molecule has 0 saturated carbocycles. The van der Waals surface area contributed by atoms with Gasteiger partial charge in [-0.1, -0.05) is 44.5 Å². The van der Waals surface area contributed by atoms with Crippen LogP contribution in [-0.4, -0.2) is 20.9 Å². The van der Waals surface area contributed by atoms with Gasteiger partial charge in [0.1, 0.15) is 11.6 Å². The van der Waals surface area contributed by atoms with Crippen LogP contribution in [0, 0.1) is 0 Å². The number of amides is 2. The molecule has 2 aromatic rings. The van der Waals surface area contributed by atoms with Crippen LogP contribution >= 0.6 is 11.6 Å². The molecular weight excluding hydrogens is 376 g/mol. The van der Waals surface area contributed by atoms with Crippen molar-refractivity contribution >= 4 is 35.3 Å². The molecule has 0 radical (unpaired) electrons. The number of aliphatic hydroxyl groups excluding tert-OH is 1. The number of anilines is 2. The van der Waals surface area contributed by atoms with Crippen LogP contribution in [0.4, 0.5) is 16.3 Å².